The summed E-state index contributed by atoms with van der Waals surface area (Å²) >= 11 is 0. The van der Waals surface area contributed by atoms with Gasteiger partial charge in [0.15, 0.2) is 23.3 Å². The number of rotatable bonds is 6. The van der Waals surface area contributed by atoms with Gasteiger partial charge >= 0.3 is 6.01 Å². The molecule has 0 atom stereocenters. The van der Waals surface area contributed by atoms with E-state index in [4.69, 9.17) is 14.0 Å². The summed E-state index contributed by atoms with van der Waals surface area (Å²) in [5.41, 5.74) is 1.28. The number of aromatic nitrogens is 2. The van der Waals surface area contributed by atoms with Crippen molar-refractivity contribution in [3.8, 4) is 22.6 Å². The molecule has 10 heteroatoms. The van der Waals surface area contributed by atoms with E-state index in [1.165, 1.54) is 12.1 Å². The number of hydrogen-bond acceptors (Lipinski definition) is 8. The summed E-state index contributed by atoms with van der Waals surface area (Å²) in [5, 5.41) is 3.96. The van der Waals surface area contributed by atoms with E-state index in [-0.39, 0.29) is 28.4 Å². The molecule has 0 radical (unpaired) electrons. The van der Waals surface area contributed by atoms with E-state index in [9.17, 15) is 12.8 Å². The molecule has 1 saturated heterocycles. The molecule has 8 nitrogen and oxygen atoms in total. The van der Waals surface area contributed by atoms with Crippen molar-refractivity contribution in [1.29, 1.82) is 0 Å². The molecule has 0 aliphatic carbocycles. The van der Waals surface area contributed by atoms with Crippen LogP contribution in [0.25, 0.3) is 11.1 Å². The number of halogens is 1. The lowest BCUT2D eigenvalue weighted by Gasteiger charge is -2.37. The van der Waals surface area contributed by atoms with Crippen LogP contribution in [0.1, 0.15) is 25.6 Å². The molecule has 0 bridgehead atoms. The first kappa shape index (κ1) is 20.7. The maximum Gasteiger partial charge on any atom is 0.324 e. The molecule has 3 aromatic rings. The van der Waals surface area contributed by atoms with E-state index in [2.05, 4.69) is 10.1 Å². The predicted molar refractivity (Wildman–Crippen MR) is 114 cm³/mol. The molecule has 32 heavy (non-hydrogen) atoms. The summed E-state index contributed by atoms with van der Waals surface area (Å²) in [6.45, 7) is 5.80. The van der Waals surface area contributed by atoms with E-state index < -0.39 is 15.7 Å². The molecule has 2 aromatic carbocycles. The fourth-order valence-electron chi connectivity index (χ4n) is 3.69. The lowest BCUT2D eigenvalue weighted by atomic mass is 10.0. The molecule has 168 valence electrons. The fourth-order valence-corrected chi connectivity index (χ4v) is 4.80. The highest BCUT2D eigenvalue weighted by atomic mass is 32.2. The van der Waals surface area contributed by atoms with Gasteiger partial charge in [0.05, 0.1) is 6.61 Å². The van der Waals surface area contributed by atoms with Gasteiger partial charge in [-0.25, -0.2) is 12.8 Å². The van der Waals surface area contributed by atoms with Crippen LogP contribution >= 0.6 is 0 Å². The van der Waals surface area contributed by atoms with Crippen molar-refractivity contribution in [2.75, 3.05) is 30.5 Å². The van der Waals surface area contributed by atoms with E-state index in [0.29, 0.717) is 48.4 Å². The SMILES string of the molecule is CC(C)c1noc(N2CC(COc3ccc(-c4ccc5c(c4)OCS5(=O)=O)cc3F)C2)n1. The zero-order chi connectivity index (χ0) is 22.5. The fraction of sp³-hybridized carbons (Fsp3) is 0.364. The second kappa shape index (κ2) is 7.77. The zero-order valence-electron chi connectivity index (χ0n) is 17.6. The molecule has 2 aliphatic rings. The quantitative estimate of drug-likeness (QED) is 0.552. The van der Waals surface area contributed by atoms with Crippen LogP contribution in [0, 0.1) is 11.7 Å². The molecule has 1 aromatic heterocycles. The summed E-state index contributed by atoms with van der Waals surface area (Å²) in [6, 6.07) is 9.95. The largest absolute Gasteiger partial charge is 0.490 e. The number of anilines is 1. The van der Waals surface area contributed by atoms with E-state index >= 15 is 0 Å². The molecule has 0 unspecified atom stereocenters. The van der Waals surface area contributed by atoms with E-state index in [1.54, 1.807) is 24.3 Å². The molecule has 0 spiro atoms. The van der Waals surface area contributed by atoms with Crippen molar-refractivity contribution in [3.63, 3.8) is 0 Å². The van der Waals surface area contributed by atoms with Gasteiger partial charge in [0.2, 0.25) is 9.84 Å². The van der Waals surface area contributed by atoms with Gasteiger partial charge in [-0.1, -0.05) is 31.1 Å². The van der Waals surface area contributed by atoms with Crippen molar-refractivity contribution in [3.05, 3.63) is 48.0 Å². The van der Waals surface area contributed by atoms with Gasteiger partial charge in [-0.05, 0) is 35.4 Å². The maximum atomic E-state index is 14.6. The smallest absolute Gasteiger partial charge is 0.324 e. The molecule has 3 heterocycles. The normalized spacial score (nSPS) is 17.2. The molecule has 0 amide bonds. The summed E-state index contributed by atoms with van der Waals surface area (Å²) in [7, 11) is -3.39. The van der Waals surface area contributed by atoms with Gasteiger partial charge in [0.25, 0.3) is 0 Å². The standard InChI is InChI=1S/C22H22FN3O5S/c1-13(2)21-24-22(31-25-21)26-9-14(10-26)11-29-18-5-3-15(7-17(18)23)16-4-6-20-19(8-16)30-12-32(20,27)28/h3-8,13-14H,9-12H2,1-2H3. The van der Waals surface area contributed by atoms with Gasteiger partial charge in [-0.2, -0.15) is 4.98 Å². The first-order valence-corrected chi connectivity index (χ1v) is 12.0. The van der Waals surface area contributed by atoms with Crippen LogP contribution in [0.2, 0.25) is 0 Å². The van der Waals surface area contributed by atoms with Crippen molar-refractivity contribution >= 4 is 15.9 Å². The number of hydrogen-bond donors (Lipinski definition) is 0. The number of nitrogens with zero attached hydrogens (tertiary/aromatic N) is 3. The molecule has 1 fully saturated rings. The van der Waals surface area contributed by atoms with Crippen LogP contribution in [0.15, 0.2) is 45.8 Å². The van der Waals surface area contributed by atoms with Crippen LogP contribution in [0.4, 0.5) is 10.4 Å². The second-order valence-electron chi connectivity index (χ2n) is 8.36. The first-order chi connectivity index (χ1) is 15.3. The molecule has 0 N–H and O–H groups in total. The molecule has 2 aliphatic heterocycles. The number of benzene rings is 2. The molecular weight excluding hydrogens is 437 g/mol. The minimum Gasteiger partial charge on any atom is -0.490 e. The monoisotopic (exact) mass is 459 g/mol. The van der Waals surface area contributed by atoms with Crippen molar-refractivity contribution in [2.45, 2.75) is 24.7 Å². The zero-order valence-corrected chi connectivity index (χ0v) is 18.4. The highest BCUT2D eigenvalue weighted by molar-refractivity contribution is 7.91. The van der Waals surface area contributed by atoms with Gasteiger partial charge in [0.1, 0.15) is 10.6 Å². The number of ether oxygens (including phenoxy) is 2. The van der Waals surface area contributed by atoms with Crippen LogP contribution in [0.3, 0.4) is 0 Å². The van der Waals surface area contributed by atoms with Crippen molar-refractivity contribution < 1.29 is 26.8 Å². The number of sulfone groups is 1. The Morgan fingerprint density at radius 1 is 1.19 bits per heavy atom. The van der Waals surface area contributed by atoms with Crippen molar-refractivity contribution in [2.24, 2.45) is 5.92 Å². The molecular formula is C22H22FN3O5S. The second-order valence-corrected chi connectivity index (χ2v) is 10.3. The topological polar surface area (TPSA) is 94.8 Å². The Balaban J connectivity index is 1.20. The lowest BCUT2D eigenvalue weighted by Crippen LogP contribution is -2.49. The average molecular weight is 459 g/mol. The Bertz CT molecular complexity index is 1270. The molecule has 0 saturated carbocycles. The summed E-state index contributed by atoms with van der Waals surface area (Å²) in [4.78, 5) is 6.51. The first-order valence-electron chi connectivity index (χ1n) is 10.3. The third kappa shape index (κ3) is 3.79. The Morgan fingerprint density at radius 3 is 2.66 bits per heavy atom. The Labute approximate surface area is 184 Å². The highest BCUT2D eigenvalue weighted by Crippen LogP contribution is 2.36. The summed E-state index contributed by atoms with van der Waals surface area (Å²) in [5.74, 6) is 0.739. The van der Waals surface area contributed by atoms with Gasteiger partial charge in [-0.3, -0.25) is 0 Å². The minimum atomic E-state index is -3.39. The van der Waals surface area contributed by atoms with Gasteiger partial charge < -0.3 is 18.9 Å². The number of fused-ring (bicyclic) bond motifs is 1. The predicted octanol–water partition coefficient (Wildman–Crippen LogP) is 3.64. The summed E-state index contributed by atoms with van der Waals surface area (Å²) in [6.07, 6.45) is 0. The Morgan fingerprint density at radius 2 is 1.94 bits per heavy atom. The average Bonchev–Trinajstić information content (AvgIpc) is 3.33. The summed E-state index contributed by atoms with van der Waals surface area (Å²) < 4.78 is 54.6. The van der Waals surface area contributed by atoms with Crippen LogP contribution in [-0.4, -0.2) is 44.2 Å². The van der Waals surface area contributed by atoms with Gasteiger partial charge in [-0.15, -0.1) is 0 Å². The van der Waals surface area contributed by atoms with Crippen LogP contribution in [0.5, 0.6) is 11.5 Å². The van der Waals surface area contributed by atoms with Crippen LogP contribution < -0.4 is 14.4 Å². The lowest BCUT2D eigenvalue weighted by molar-refractivity contribution is 0.206. The third-order valence-corrected chi connectivity index (χ3v) is 7.00. The molecule has 5 rings (SSSR count). The highest BCUT2D eigenvalue weighted by Gasteiger charge is 2.32. The Hall–Kier alpha value is -3.14. The minimum absolute atomic E-state index is 0.164. The maximum absolute atomic E-state index is 14.6. The Kier molecular flexibility index (Phi) is 5.04. The van der Waals surface area contributed by atoms with E-state index in [1.807, 2.05) is 18.7 Å². The van der Waals surface area contributed by atoms with E-state index in [0.717, 1.165) is 0 Å². The van der Waals surface area contributed by atoms with Crippen LogP contribution in [-0.2, 0) is 9.84 Å². The third-order valence-electron chi connectivity index (χ3n) is 5.56. The van der Waals surface area contributed by atoms with Crippen molar-refractivity contribution in [1.82, 2.24) is 10.1 Å². The van der Waals surface area contributed by atoms with Gasteiger partial charge in [0, 0.05) is 24.9 Å².